The predicted octanol–water partition coefficient (Wildman–Crippen LogP) is 4.41. The largest absolute Gasteiger partial charge is 0.322 e. The maximum Gasteiger partial charge on any atom is 0.247 e. The van der Waals surface area contributed by atoms with E-state index < -0.39 is 0 Å². The highest BCUT2D eigenvalue weighted by molar-refractivity contribution is 5.99. The van der Waals surface area contributed by atoms with Crippen LogP contribution in [-0.2, 0) is 15.6 Å². The Morgan fingerprint density at radius 1 is 1.11 bits per heavy atom. The molecular weight excluding hydrogens is 234 g/mol. The van der Waals surface area contributed by atoms with Gasteiger partial charge in [-0.1, -0.05) is 60.3 Å². The Balaban J connectivity index is 3.34. The zero-order chi connectivity index (χ0) is 14.8. The molecular formula is C17H25NO. The summed E-state index contributed by atoms with van der Waals surface area (Å²) in [5, 5.41) is 2.92. The van der Waals surface area contributed by atoms with E-state index in [2.05, 4.69) is 71.6 Å². The zero-order valence-electron chi connectivity index (χ0n) is 12.9. The van der Waals surface area contributed by atoms with Crippen molar-refractivity contribution < 1.29 is 4.79 Å². The number of hydrogen-bond donors (Lipinski definition) is 1. The number of carbonyl (C=O) groups excluding carboxylic acids is 1. The standard InChI is InChI=1S/C17H25NO/c1-8-15(19)18-14-11-12(16(2,3)4)9-10-13(14)17(5,6)7/h8-11H,1H2,2-7H3,(H,18,19). The molecule has 2 nitrogen and oxygen atoms in total. The molecule has 0 radical (unpaired) electrons. The maximum absolute atomic E-state index is 11.6. The van der Waals surface area contributed by atoms with E-state index in [9.17, 15) is 4.79 Å². The second-order valence-electron chi connectivity index (χ2n) is 6.95. The first-order valence-electron chi connectivity index (χ1n) is 6.64. The fourth-order valence-corrected chi connectivity index (χ4v) is 1.95. The Morgan fingerprint density at radius 3 is 2.11 bits per heavy atom. The minimum Gasteiger partial charge on any atom is -0.322 e. The molecule has 0 heterocycles. The van der Waals surface area contributed by atoms with Crippen LogP contribution < -0.4 is 5.32 Å². The van der Waals surface area contributed by atoms with Gasteiger partial charge >= 0.3 is 0 Å². The highest BCUT2D eigenvalue weighted by Gasteiger charge is 2.22. The van der Waals surface area contributed by atoms with Crippen LogP contribution >= 0.6 is 0 Å². The number of benzene rings is 1. The van der Waals surface area contributed by atoms with E-state index in [1.54, 1.807) is 0 Å². The van der Waals surface area contributed by atoms with E-state index in [4.69, 9.17) is 0 Å². The number of anilines is 1. The highest BCUT2D eigenvalue weighted by Crippen LogP contribution is 2.33. The lowest BCUT2D eigenvalue weighted by atomic mass is 9.81. The van der Waals surface area contributed by atoms with Gasteiger partial charge in [0.25, 0.3) is 0 Å². The van der Waals surface area contributed by atoms with Crippen LogP contribution in [-0.4, -0.2) is 5.91 Å². The molecule has 0 fully saturated rings. The molecule has 0 aliphatic heterocycles. The molecule has 1 N–H and O–H groups in total. The third-order valence-electron chi connectivity index (χ3n) is 3.14. The lowest BCUT2D eigenvalue weighted by molar-refractivity contribution is -0.111. The van der Waals surface area contributed by atoms with Gasteiger partial charge in [-0.2, -0.15) is 0 Å². The van der Waals surface area contributed by atoms with Gasteiger partial charge in [-0.3, -0.25) is 4.79 Å². The SMILES string of the molecule is C=CC(=O)Nc1cc(C(C)(C)C)ccc1C(C)(C)C. The van der Waals surface area contributed by atoms with Crippen LogP contribution in [0.1, 0.15) is 52.7 Å². The number of carbonyl (C=O) groups is 1. The number of hydrogen-bond acceptors (Lipinski definition) is 1. The molecule has 1 aromatic carbocycles. The van der Waals surface area contributed by atoms with E-state index in [1.165, 1.54) is 11.6 Å². The van der Waals surface area contributed by atoms with E-state index >= 15 is 0 Å². The maximum atomic E-state index is 11.6. The van der Waals surface area contributed by atoms with Crippen molar-refractivity contribution in [2.75, 3.05) is 5.32 Å². The van der Waals surface area contributed by atoms with Gasteiger partial charge in [-0.15, -0.1) is 0 Å². The Labute approximate surface area is 116 Å². The number of nitrogens with one attached hydrogen (secondary N) is 1. The minimum atomic E-state index is -0.170. The van der Waals surface area contributed by atoms with Gasteiger partial charge in [-0.25, -0.2) is 0 Å². The fraction of sp³-hybridized carbons (Fsp3) is 0.471. The van der Waals surface area contributed by atoms with Crippen molar-refractivity contribution in [3.63, 3.8) is 0 Å². The van der Waals surface area contributed by atoms with Gasteiger partial charge in [-0.05, 0) is 34.1 Å². The van der Waals surface area contributed by atoms with Crippen LogP contribution in [0.5, 0.6) is 0 Å². The fourth-order valence-electron chi connectivity index (χ4n) is 1.95. The summed E-state index contributed by atoms with van der Waals surface area (Å²) in [5.41, 5.74) is 3.27. The molecule has 2 heteroatoms. The quantitative estimate of drug-likeness (QED) is 0.783. The van der Waals surface area contributed by atoms with Crippen molar-refractivity contribution in [1.29, 1.82) is 0 Å². The van der Waals surface area contributed by atoms with Gasteiger partial charge in [0.15, 0.2) is 0 Å². The van der Waals surface area contributed by atoms with E-state index in [1.807, 2.05) is 0 Å². The lowest BCUT2D eigenvalue weighted by Gasteiger charge is -2.26. The van der Waals surface area contributed by atoms with Crippen LogP contribution in [0, 0.1) is 0 Å². The van der Waals surface area contributed by atoms with Crippen molar-refractivity contribution in [2.45, 2.75) is 52.4 Å². The topological polar surface area (TPSA) is 29.1 Å². The summed E-state index contributed by atoms with van der Waals surface area (Å²) in [6.07, 6.45) is 1.30. The lowest BCUT2D eigenvalue weighted by Crippen LogP contribution is -2.19. The van der Waals surface area contributed by atoms with Gasteiger partial charge < -0.3 is 5.32 Å². The normalized spacial score (nSPS) is 12.1. The third kappa shape index (κ3) is 3.95. The van der Waals surface area contributed by atoms with Gasteiger partial charge in [0.2, 0.25) is 5.91 Å². The van der Waals surface area contributed by atoms with Gasteiger partial charge in [0.1, 0.15) is 0 Å². The summed E-state index contributed by atoms with van der Waals surface area (Å²) >= 11 is 0. The van der Waals surface area contributed by atoms with Crippen LogP contribution in [0.25, 0.3) is 0 Å². The summed E-state index contributed by atoms with van der Waals surface area (Å²) in [6.45, 7) is 16.4. The molecule has 0 aliphatic carbocycles. The smallest absolute Gasteiger partial charge is 0.247 e. The zero-order valence-corrected chi connectivity index (χ0v) is 12.9. The van der Waals surface area contributed by atoms with E-state index in [0.717, 1.165) is 11.3 Å². The molecule has 1 aromatic rings. The Morgan fingerprint density at radius 2 is 1.68 bits per heavy atom. The van der Waals surface area contributed by atoms with Crippen molar-refractivity contribution in [2.24, 2.45) is 0 Å². The Bertz CT molecular complexity index is 487. The van der Waals surface area contributed by atoms with Gasteiger partial charge in [0.05, 0.1) is 0 Å². The van der Waals surface area contributed by atoms with Crippen LogP contribution in [0.15, 0.2) is 30.9 Å². The Hall–Kier alpha value is -1.57. The molecule has 0 saturated carbocycles. The summed E-state index contributed by atoms with van der Waals surface area (Å²) in [6, 6.07) is 6.32. The molecule has 0 atom stereocenters. The minimum absolute atomic E-state index is 0.0137. The first-order chi connectivity index (χ1) is 8.55. The van der Waals surface area contributed by atoms with Crippen LogP contribution in [0.3, 0.4) is 0 Å². The average Bonchev–Trinajstić information content (AvgIpc) is 2.26. The molecule has 1 amide bonds. The summed E-state index contributed by atoms with van der Waals surface area (Å²) in [7, 11) is 0. The summed E-state index contributed by atoms with van der Waals surface area (Å²) < 4.78 is 0. The third-order valence-corrected chi connectivity index (χ3v) is 3.14. The van der Waals surface area contributed by atoms with Crippen molar-refractivity contribution in [3.05, 3.63) is 42.0 Å². The molecule has 0 aliphatic rings. The molecule has 104 valence electrons. The number of rotatable bonds is 2. The Kier molecular flexibility index (Phi) is 4.24. The number of amides is 1. The van der Waals surface area contributed by atoms with Gasteiger partial charge in [0, 0.05) is 5.69 Å². The van der Waals surface area contributed by atoms with Crippen molar-refractivity contribution in [3.8, 4) is 0 Å². The average molecular weight is 259 g/mol. The van der Waals surface area contributed by atoms with Crippen LogP contribution in [0.4, 0.5) is 5.69 Å². The monoisotopic (exact) mass is 259 g/mol. The first-order valence-corrected chi connectivity index (χ1v) is 6.64. The molecule has 0 aromatic heterocycles. The van der Waals surface area contributed by atoms with Crippen molar-refractivity contribution >= 4 is 11.6 Å². The molecule has 0 bridgehead atoms. The van der Waals surface area contributed by atoms with E-state index in [-0.39, 0.29) is 16.7 Å². The second-order valence-corrected chi connectivity index (χ2v) is 6.95. The first kappa shape index (κ1) is 15.5. The molecule has 0 spiro atoms. The molecule has 1 rings (SSSR count). The molecule has 19 heavy (non-hydrogen) atoms. The summed E-state index contributed by atoms with van der Waals surface area (Å²) in [5.74, 6) is -0.170. The second kappa shape index (κ2) is 5.20. The van der Waals surface area contributed by atoms with E-state index in [0.29, 0.717) is 0 Å². The predicted molar refractivity (Wildman–Crippen MR) is 82.7 cm³/mol. The highest BCUT2D eigenvalue weighted by atomic mass is 16.1. The molecule has 0 saturated heterocycles. The van der Waals surface area contributed by atoms with Crippen molar-refractivity contribution in [1.82, 2.24) is 0 Å². The van der Waals surface area contributed by atoms with Crippen LogP contribution in [0.2, 0.25) is 0 Å². The molecule has 0 unspecified atom stereocenters. The summed E-state index contributed by atoms with van der Waals surface area (Å²) in [4.78, 5) is 11.6.